The minimum Gasteiger partial charge on any atom is -0.495 e. The number of para-hydroxylation sites is 2. The van der Waals surface area contributed by atoms with Crippen molar-refractivity contribution in [2.45, 2.75) is 13.5 Å². The number of hydrogen-bond donors (Lipinski definition) is 1. The molecule has 1 aromatic heterocycles. The minimum absolute atomic E-state index is 0.179. The highest BCUT2D eigenvalue weighted by Gasteiger charge is 2.22. The quantitative estimate of drug-likeness (QED) is 0.578. The van der Waals surface area contributed by atoms with E-state index in [9.17, 15) is 4.79 Å². The number of methoxy groups -OCH3 is 1. The number of aromatic nitrogens is 1. The van der Waals surface area contributed by atoms with Crippen LogP contribution >= 0.6 is 23.3 Å². The van der Waals surface area contributed by atoms with Gasteiger partial charge in [-0.3, -0.25) is 9.52 Å². The zero-order valence-corrected chi connectivity index (χ0v) is 17.1. The number of benzene rings is 2. The van der Waals surface area contributed by atoms with Crippen LogP contribution in [0.15, 0.2) is 54.6 Å². The fraction of sp³-hybridized carbons (Fsp3) is 0.200. The summed E-state index contributed by atoms with van der Waals surface area (Å²) in [5.74, 6) is 0.582. The summed E-state index contributed by atoms with van der Waals surface area (Å²) < 4.78 is 8.31. The molecule has 0 aliphatic rings. The molecule has 0 unspecified atom stereocenters. The van der Waals surface area contributed by atoms with E-state index in [-0.39, 0.29) is 5.91 Å². The molecule has 0 atom stereocenters. The third kappa shape index (κ3) is 4.43. The number of hydrogen-bond acceptors (Lipinski definition) is 6. The lowest BCUT2D eigenvalue weighted by Gasteiger charge is -2.24. The molecule has 140 valence electrons. The number of nitrogens with one attached hydrogen (secondary N) is 1. The van der Waals surface area contributed by atoms with E-state index in [1.165, 1.54) is 23.3 Å². The summed E-state index contributed by atoms with van der Waals surface area (Å²) in [6.45, 7) is 2.54. The second kappa shape index (κ2) is 8.92. The maximum Gasteiger partial charge on any atom is 0.280 e. The van der Waals surface area contributed by atoms with Gasteiger partial charge in [0.05, 0.1) is 19.3 Å². The number of nitrogens with zero attached hydrogens (tertiary/aromatic N) is 2. The van der Waals surface area contributed by atoms with Crippen LogP contribution in [0.25, 0.3) is 0 Å². The summed E-state index contributed by atoms with van der Waals surface area (Å²) in [5.41, 5.74) is 2.51. The van der Waals surface area contributed by atoms with Crippen LogP contribution < -0.4 is 14.4 Å². The minimum atomic E-state index is -0.179. The highest BCUT2D eigenvalue weighted by atomic mass is 32.2. The van der Waals surface area contributed by atoms with Crippen LogP contribution in [-0.2, 0) is 6.54 Å². The summed E-state index contributed by atoms with van der Waals surface area (Å²) in [6, 6.07) is 18.0. The Bertz CT molecular complexity index is 913. The Kier molecular flexibility index (Phi) is 6.36. The maximum absolute atomic E-state index is 12.3. The second-order valence-corrected chi connectivity index (χ2v) is 7.57. The van der Waals surface area contributed by atoms with Crippen molar-refractivity contribution in [3.63, 3.8) is 0 Å². The van der Waals surface area contributed by atoms with E-state index in [1.807, 2.05) is 55.6 Å². The Morgan fingerprint density at radius 1 is 1.19 bits per heavy atom. The standard InChI is InChI=1S/C20H21N3O2S2/c1-14-18(19(24)22-26-3)21-20(27-14)23(13-15-9-5-4-6-10-15)16-11-7-8-12-17(16)25-2/h4-12H,13H2,1-3H3,(H,22,24). The average Bonchev–Trinajstić information content (AvgIpc) is 3.08. The lowest BCUT2D eigenvalue weighted by atomic mass is 10.2. The highest BCUT2D eigenvalue weighted by Crippen LogP contribution is 2.38. The van der Waals surface area contributed by atoms with Gasteiger partial charge in [0.1, 0.15) is 11.4 Å². The van der Waals surface area contributed by atoms with E-state index in [4.69, 9.17) is 4.74 Å². The Morgan fingerprint density at radius 2 is 1.89 bits per heavy atom. The summed E-state index contributed by atoms with van der Waals surface area (Å²) in [5, 5.41) is 0.757. The van der Waals surface area contributed by atoms with Crippen LogP contribution in [-0.4, -0.2) is 24.3 Å². The van der Waals surface area contributed by atoms with Crippen molar-refractivity contribution in [2.24, 2.45) is 0 Å². The average molecular weight is 400 g/mol. The van der Waals surface area contributed by atoms with E-state index in [0.29, 0.717) is 12.2 Å². The summed E-state index contributed by atoms with van der Waals surface area (Å²) in [7, 11) is 1.66. The van der Waals surface area contributed by atoms with Gasteiger partial charge < -0.3 is 9.64 Å². The number of rotatable bonds is 7. The molecule has 0 fully saturated rings. The number of thiazole rings is 1. The number of anilines is 2. The van der Waals surface area contributed by atoms with Gasteiger partial charge in [0, 0.05) is 11.1 Å². The maximum atomic E-state index is 12.3. The van der Waals surface area contributed by atoms with E-state index in [0.717, 1.165) is 27.0 Å². The van der Waals surface area contributed by atoms with Gasteiger partial charge in [0.25, 0.3) is 5.91 Å². The number of carbonyl (C=O) groups excluding carboxylic acids is 1. The van der Waals surface area contributed by atoms with Crippen LogP contribution in [0.5, 0.6) is 5.75 Å². The molecule has 3 rings (SSSR count). The molecule has 0 bridgehead atoms. The highest BCUT2D eigenvalue weighted by molar-refractivity contribution is 7.97. The second-order valence-electron chi connectivity index (χ2n) is 5.78. The predicted octanol–water partition coefficient (Wildman–Crippen LogP) is 4.81. The van der Waals surface area contributed by atoms with Crippen molar-refractivity contribution in [1.29, 1.82) is 0 Å². The van der Waals surface area contributed by atoms with Crippen molar-refractivity contribution < 1.29 is 9.53 Å². The summed E-state index contributed by atoms with van der Waals surface area (Å²) in [6.07, 6.45) is 1.82. The topological polar surface area (TPSA) is 54.5 Å². The van der Waals surface area contributed by atoms with Crippen LogP contribution in [0.3, 0.4) is 0 Å². The van der Waals surface area contributed by atoms with Gasteiger partial charge >= 0.3 is 0 Å². The predicted molar refractivity (Wildman–Crippen MR) is 113 cm³/mol. The van der Waals surface area contributed by atoms with Gasteiger partial charge in [-0.05, 0) is 24.6 Å². The zero-order valence-electron chi connectivity index (χ0n) is 15.4. The molecule has 0 radical (unpaired) electrons. The number of ether oxygens (including phenoxy) is 1. The van der Waals surface area contributed by atoms with Gasteiger partial charge in [0.15, 0.2) is 5.13 Å². The van der Waals surface area contributed by atoms with Crippen LogP contribution in [0.1, 0.15) is 20.9 Å². The van der Waals surface area contributed by atoms with Crippen LogP contribution in [0, 0.1) is 6.92 Å². The molecule has 1 amide bonds. The van der Waals surface area contributed by atoms with E-state index in [1.54, 1.807) is 7.11 Å². The third-order valence-corrected chi connectivity index (χ3v) is 5.37. The first-order valence-corrected chi connectivity index (χ1v) is 10.4. The van der Waals surface area contributed by atoms with Gasteiger partial charge in [-0.2, -0.15) is 0 Å². The molecule has 0 aliphatic carbocycles. The van der Waals surface area contributed by atoms with Crippen molar-refractivity contribution in [3.8, 4) is 5.75 Å². The summed E-state index contributed by atoms with van der Waals surface area (Å²) in [4.78, 5) is 19.9. The van der Waals surface area contributed by atoms with Crippen molar-refractivity contribution in [3.05, 3.63) is 70.7 Å². The van der Waals surface area contributed by atoms with Crippen LogP contribution in [0.4, 0.5) is 10.8 Å². The SMILES string of the molecule is COc1ccccc1N(Cc1ccccc1)c1nc(C(=O)NSC)c(C)s1. The first-order chi connectivity index (χ1) is 13.1. The first-order valence-electron chi connectivity index (χ1n) is 8.39. The number of carbonyl (C=O) groups is 1. The molecule has 0 aliphatic heterocycles. The normalized spacial score (nSPS) is 10.5. The monoisotopic (exact) mass is 399 g/mol. The molecule has 5 nitrogen and oxygen atoms in total. The first kappa shape index (κ1) is 19.3. The fourth-order valence-corrected chi connectivity index (χ4v) is 3.93. The molecular weight excluding hydrogens is 378 g/mol. The zero-order chi connectivity index (χ0) is 19.2. The molecule has 0 spiro atoms. The van der Waals surface area contributed by atoms with Gasteiger partial charge in [-0.1, -0.05) is 54.4 Å². The van der Waals surface area contributed by atoms with Crippen molar-refractivity contribution in [1.82, 2.24) is 9.71 Å². The van der Waals surface area contributed by atoms with E-state index < -0.39 is 0 Å². The smallest absolute Gasteiger partial charge is 0.280 e. The van der Waals surface area contributed by atoms with Gasteiger partial charge in [0.2, 0.25) is 0 Å². The molecule has 0 saturated heterocycles. The molecule has 1 heterocycles. The van der Waals surface area contributed by atoms with E-state index >= 15 is 0 Å². The molecule has 0 saturated carbocycles. The lowest BCUT2D eigenvalue weighted by molar-refractivity contribution is 0.0980. The Morgan fingerprint density at radius 3 is 2.59 bits per heavy atom. The Balaban J connectivity index is 2.05. The molecule has 1 N–H and O–H groups in total. The molecule has 7 heteroatoms. The van der Waals surface area contributed by atoms with Crippen molar-refractivity contribution in [2.75, 3.05) is 18.3 Å². The Hall–Kier alpha value is -2.51. The largest absolute Gasteiger partial charge is 0.495 e. The summed E-state index contributed by atoms with van der Waals surface area (Å²) >= 11 is 2.77. The van der Waals surface area contributed by atoms with Crippen LogP contribution in [0.2, 0.25) is 0 Å². The van der Waals surface area contributed by atoms with E-state index in [2.05, 4.69) is 26.7 Å². The lowest BCUT2D eigenvalue weighted by Crippen LogP contribution is -2.19. The Labute approximate surface area is 167 Å². The molecule has 2 aromatic carbocycles. The third-order valence-electron chi connectivity index (χ3n) is 3.99. The molecule has 3 aromatic rings. The number of amides is 1. The molecular formula is C20H21N3O2S2. The van der Waals surface area contributed by atoms with Gasteiger partial charge in [-0.25, -0.2) is 4.98 Å². The molecule has 27 heavy (non-hydrogen) atoms. The van der Waals surface area contributed by atoms with Gasteiger partial charge in [-0.15, -0.1) is 11.3 Å². The van der Waals surface area contributed by atoms with Crippen molar-refractivity contribution >= 4 is 40.0 Å². The fourth-order valence-electron chi connectivity index (χ4n) is 2.72. The number of aryl methyl sites for hydroxylation is 1.